The molecule has 0 N–H and O–H groups in total. The van der Waals surface area contributed by atoms with Gasteiger partial charge in [0.15, 0.2) is 6.29 Å². The largest absolute Gasteiger partial charge is 0.468 e. The first-order valence-electron chi connectivity index (χ1n) is 11.0. The maximum Gasteiger partial charge on any atom is 0.337 e. The van der Waals surface area contributed by atoms with Crippen molar-refractivity contribution in [2.24, 2.45) is 0 Å². The van der Waals surface area contributed by atoms with E-state index in [0.717, 1.165) is 54.1 Å². The van der Waals surface area contributed by atoms with Crippen molar-refractivity contribution in [3.63, 3.8) is 0 Å². The number of benzene rings is 2. The highest BCUT2D eigenvalue weighted by Crippen LogP contribution is 2.45. The quantitative estimate of drug-likeness (QED) is 0.339. The number of nitrogens with zero attached hydrogens (tertiary/aromatic N) is 1. The van der Waals surface area contributed by atoms with Crippen LogP contribution >= 0.6 is 11.6 Å². The molecule has 4 rings (SSSR count). The Morgan fingerprint density at radius 3 is 2.48 bits per heavy atom. The van der Waals surface area contributed by atoms with Crippen LogP contribution in [0.4, 0.5) is 0 Å². The van der Waals surface area contributed by atoms with E-state index >= 15 is 0 Å². The molecule has 0 amide bonds. The first-order chi connectivity index (χ1) is 16.0. The van der Waals surface area contributed by atoms with Gasteiger partial charge in [0, 0.05) is 21.5 Å². The number of esters is 2. The lowest BCUT2D eigenvalue weighted by molar-refractivity contribution is -0.141. The second-order valence-corrected chi connectivity index (χ2v) is 8.77. The van der Waals surface area contributed by atoms with Crippen LogP contribution in [0.5, 0.6) is 0 Å². The van der Waals surface area contributed by atoms with Crippen molar-refractivity contribution in [1.29, 1.82) is 0 Å². The number of aromatic nitrogens is 1. The van der Waals surface area contributed by atoms with Crippen LogP contribution in [0.3, 0.4) is 0 Å². The van der Waals surface area contributed by atoms with Gasteiger partial charge in [0.1, 0.15) is 6.54 Å². The zero-order valence-corrected chi connectivity index (χ0v) is 19.5. The summed E-state index contributed by atoms with van der Waals surface area (Å²) in [6.07, 6.45) is 6.26. The van der Waals surface area contributed by atoms with Crippen molar-refractivity contribution in [2.45, 2.75) is 44.6 Å². The number of fused-ring (bicyclic) bond motifs is 1. The molecule has 0 saturated heterocycles. The Kier molecular flexibility index (Phi) is 6.84. The molecule has 0 spiro atoms. The van der Waals surface area contributed by atoms with Crippen molar-refractivity contribution in [1.82, 2.24) is 4.57 Å². The average molecular weight is 468 g/mol. The third kappa shape index (κ3) is 4.40. The molecule has 172 valence electrons. The zero-order chi connectivity index (χ0) is 23.5. The molecule has 1 aliphatic carbocycles. The Balaban J connectivity index is 2.09. The van der Waals surface area contributed by atoms with E-state index in [1.165, 1.54) is 20.6 Å². The van der Waals surface area contributed by atoms with Gasteiger partial charge in [-0.15, -0.1) is 0 Å². The van der Waals surface area contributed by atoms with E-state index in [1.807, 2.05) is 16.7 Å². The van der Waals surface area contributed by atoms with E-state index in [4.69, 9.17) is 21.1 Å². The molecule has 6 nitrogen and oxygen atoms in total. The Hall–Kier alpha value is -3.12. The molecule has 33 heavy (non-hydrogen) atoms. The fraction of sp³-hybridized carbons (Fsp3) is 0.346. The minimum atomic E-state index is -0.455. The summed E-state index contributed by atoms with van der Waals surface area (Å²) < 4.78 is 11.8. The number of hydrogen-bond donors (Lipinski definition) is 0. The van der Waals surface area contributed by atoms with Gasteiger partial charge in [0.2, 0.25) is 0 Å². The van der Waals surface area contributed by atoms with Crippen LogP contribution in [0.25, 0.3) is 22.2 Å². The first kappa shape index (κ1) is 23.1. The predicted molar refractivity (Wildman–Crippen MR) is 127 cm³/mol. The van der Waals surface area contributed by atoms with Gasteiger partial charge in [0.25, 0.3) is 0 Å². The maximum absolute atomic E-state index is 12.5. The van der Waals surface area contributed by atoms with E-state index in [0.29, 0.717) is 21.7 Å². The minimum absolute atomic E-state index is 0.0550. The number of hydrogen-bond acceptors (Lipinski definition) is 5. The van der Waals surface area contributed by atoms with E-state index in [9.17, 15) is 14.4 Å². The van der Waals surface area contributed by atoms with Crippen LogP contribution < -0.4 is 0 Å². The minimum Gasteiger partial charge on any atom is -0.468 e. The van der Waals surface area contributed by atoms with Gasteiger partial charge < -0.3 is 14.0 Å². The molecule has 1 heterocycles. The van der Waals surface area contributed by atoms with Crippen molar-refractivity contribution in [3.05, 3.63) is 58.1 Å². The average Bonchev–Trinajstić information content (AvgIpc) is 3.16. The molecule has 0 atom stereocenters. The van der Waals surface area contributed by atoms with Crippen LogP contribution in [-0.2, 0) is 20.8 Å². The zero-order valence-electron chi connectivity index (χ0n) is 18.7. The van der Waals surface area contributed by atoms with Gasteiger partial charge in [-0.2, -0.15) is 0 Å². The second kappa shape index (κ2) is 9.79. The second-order valence-electron chi connectivity index (χ2n) is 8.33. The molecule has 2 aromatic carbocycles. The van der Waals surface area contributed by atoms with Crippen molar-refractivity contribution < 1.29 is 23.9 Å². The highest BCUT2D eigenvalue weighted by molar-refractivity contribution is 6.31. The Morgan fingerprint density at radius 2 is 1.82 bits per heavy atom. The summed E-state index contributed by atoms with van der Waals surface area (Å²) in [5, 5.41) is 1.42. The number of methoxy groups -OCH3 is 2. The van der Waals surface area contributed by atoms with Gasteiger partial charge >= 0.3 is 11.9 Å². The molecular formula is C26H26ClNO5. The summed E-state index contributed by atoms with van der Waals surface area (Å²) in [5.41, 5.74) is 4.16. The van der Waals surface area contributed by atoms with Gasteiger partial charge in [0.05, 0.1) is 31.0 Å². The monoisotopic (exact) mass is 467 g/mol. The summed E-state index contributed by atoms with van der Waals surface area (Å²) in [6.45, 7) is -0.0550. The number of carbonyl (C=O) groups excluding carboxylic acids is 3. The lowest BCUT2D eigenvalue weighted by Crippen LogP contribution is -2.14. The van der Waals surface area contributed by atoms with Gasteiger partial charge in [-0.25, -0.2) is 4.79 Å². The van der Waals surface area contributed by atoms with Crippen molar-refractivity contribution in [2.75, 3.05) is 14.2 Å². The molecule has 7 heteroatoms. The summed E-state index contributed by atoms with van der Waals surface area (Å²) in [7, 11) is 2.68. The Labute approximate surface area is 197 Å². The van der Waals surface area contributed by atoms with Gasteiger partial charge in [-0.3, -0.25) is 9.59 Å². The Morgan fingerprint density at radius 1 is 1.06 bits per heavy atom. The fourth-order valence-electron chi connectivity index (χ4n) is 4.92. The smallest absolute Gasteiger partial charge is 0.337 e. The molecule has 1 aromatic heterocycles. The van der Waals surface area contributed by atoms with Gasteiger partial charge in [-0.1, -0.05) is 43.0 Å². The van der Waals surface area contributed by atoms with Crippen LogP contribution in [0.1, 0.15) is 64.3 Å². The molecule has 1 saturated carbocycles. The van der Waals surface area contributed by atoms with Crippen LogP contribution in [0.2, 0.25) is 5.02 Å². The third-order valence-corrected chi connectivity index (χ3v) is 6.68. The number of rotatable bonds is 6. The standard InChI is InChI=1S/C26H26ClNO5/c1-32-23(30)14-28-22-13-17(26(31)33-2)8-10-21(22)24(16-6-4-3-5-7-16)25(28)20-11-9-19(27)12-18(20)15-29/h8-13,15-16H,3-7,14H2,1-2H3. The summed E-state index contributed by atoms with van der Waals surface area (Å²) in [4.78, 5) is 36.7. The molecule has 0 aliphatic heterocycles. The van der Waals surface area contributed by atoms with Crippen LogP contribution in [0, 0.1) is 0 Å². The Bertz CT molecular complexity index is 1220. The fourth-order valence-corrected chi connectivity index (χ4v) is 5.10. The number of aldehydes is 1. The summed E-state index contributed by atoms with van der Waals surface area (Å²) in [6, 6.07) is 10.6. The third-order valence-electron chi connectivity index (χ3n) is 6.45. The highest BCUT2D eigenvalue weighted by atomic mass is 35.5. The molecule has 3 aromatic rings. The lowest BCUT2D eigenvalue weighted by atomic mass is 9.81. The molecular weight excluding hydrogens is 442 g/mol. The normalized spacial score (nSPS) is 14.3. The number of carbonyl (C=O) groups is 3. The molecule has 0 bridgehead atoms. The van der Waals surface area contributed by atoms with Gasteiger partial charge in [-0.05, 0) is 48.6 Å². The first-order valence-corrected chi connectivity index (χ1v) is 11.4. The number of halogens is 1. The highest BCUT2D eigenvalue weighted by Gasteiger charge is 2.29. The number of ether oxygens (including phenoxy) is 2. The van der Waals surface area contributed by atoms with Crippen LogP contribution in [-0.4, -0.2) is 37.0 Å². The SMILES string of the molecule is COC(=O)Cn1c(-c2ccc(Cl)cc2C=O)c(C2CCCCC2)c2ccc(C(=O)OC)cc21. The summed E-state index contributed by atoms with van der Waals surface area (Å²) in [5.74, 6) is -0.605. The van der Waals surface area contributed by atoms with E-state index in [2.05, 4.69) is 0 Å². The van der Waals surface area contributed by atoms with E-state index in [1.54, 1.807) is 24.3 Å². The lowest BCUT2D eigenvalue weighted by Gasteiger charge is -2.24. The molecule has 0 unspecified atom stereocenters. The van der Waals surface area contributed by atoms with Crippen molar-refractivity contribution >= 4 is 40.7 Å². The summed E-state index contributed by atoms with van der Waals surface area (Å²) >= 11 is 6.18. The van der Waals surface area contributed by atoms with E-state index < -0.39 is 11.9 Å². The molecule has 1 aliphatic rings. The maximum atomic E-state index is 12.5. The topological polar surface area (TPSA) is 74.6 Å². The van der Waals surface area contributed by atoms with Crippen LogP contribution in [0.15, 0.2) is 36.4 Å². The predicted octanol–water partition coefficient (Wildman–Crippen LogP) is 5.78. The molecule has 0 radical (unpaired) electrons. The van der Waals surface area contributed by atoms with E-state index in [-0.39, 0.29) is 12.5 Å². The molecule has 1 fully saturated rings. The van der Waals surface area contributed by atoms with Crippen molar-refractivity contribution in [3.8, 4) is 11.3 Å².